The number of anilines is 6. The monoisotopic (exact) mass is 599 g/mol. The van der Waals surface area contributed by atoms with Crippen molar-refractivity contribution in [2.24, 2.45) is 0 Å². The van der Waals surface area contributed by atoms with E-state index < -0.39 is 0 Å². The second-order valence-corrected chi connectivity index (χ2v) is 10.4. The summed E-state index contributed by atoms with van der Waals surface area (Å²) in [6, 6.07) is 59.9. The summed E-state index contributed by atoms with van der Waals surface area (Å²) < 4.78 is 20.4. The molecule has 0 radical (unpaired) electrons. The fourth-order valence-corrected chi connectivity index (χ4v) is 5.23. The van der Waals surface area contributed by atoms with E-state index in [0.717, 1.165) is 34.1 Å². The minimum absolute atomic E-state index is 0.424. The van der Waals surface area contributed by atoms with Crippen molar-refractivity contribution in [3.05, 3.63) is 188 Å². The average molecular weight is 600 g/mol. The van der Waals surface area contributed by atoms with Crippen LogP contribution in [0.15, 0.2) is 188 Å². The van der Waals surface area contributed by atoms with Gasteiger partial charge in [0.1, 0.15) is 11.5 Å². The highest BCUT2D eigenvalue weighted by atomic mass is 16.5. The van der Waals surface area contributed by atoms with Crippen LogP contribution in [-0.2, 0) is 0 Å². The molecule has 0 saturated carbocycles. The molecule has 0 fully saturated rings. The zero-order valence-corrected chi connectivity index (χ0v) is 25.0. The van der Waals surface area contributed by atoms with Crippen molar-refractivity contribution >= 4 is 34.1 Å². The van der Waals surface area contributed by atoms with Crippen LogP contribution in [-0.4, -0.2) is 4.98 Å². The van der Waals surface area contributed by atoms with Gasteiger partial charge in [-0.05, 0) is 97.1 Å². The van der Waals surface area contributed by atoms with Crippen molar-refractivity contribution in [2.45, 2.75) is 0 Å². The van der Waals surface area contributed by atoms with Gasteiger partial charge < -0.3 is 19.3 Å². The van der Waals surface area contributed by atoms with Gasteiger partial charge >= 0.3 is 0 Å². The maximum Gasteiger partial charge on any atom is 0.222 e. The first-order chi connectivity index (χ1) is 23.2. The molecule has 7 rings (SSSR count). The van der Waals surface area contributed by atoms with Crippen LogP contribution in [0.2, 0.25) is 0 Å². The molecule has 0 amide bonds. The van der Waals surface area contributed by atoms with Crippen molar-refractivity contribution in [1.29, 1.82) is 0 Å². The summed E-state index contributed by atoms with van der Waals surface area (Å²) in [5, 5.41) is 0. The molecule has 0 N–H and O–H groups in total. The lowest BCUT2D eigenvalue weighted by Gasteiger charge is -2.25. The molecule has 1 heterocycles. The Morgan fingerprint density at radius 1 is 0.348 bits per heavy atom. The van der Waals surface area contributed by atoms with Gasteiger partial charge in [-0.1, -0.05) is 78.8 Å². The van der Waals surface area contributed by atoms with E-state index in [-0.39, 0.29) is 0 Å². The molecular formula is C41H31N3O2. The van der Waals surface area contributed by atoms with Gasteiger partial charge in [0.2, 0.25) is 11.8 Å². The minimum atomic E-state index is 0.424. The van der Waals surface area contributed by atoms with Crippen LogP contribution >= 0.6 is 0 Å². The maximum absolute atomic E-state index is 8.13. The van der Waals surface area contributed by atoms with Crippen molar-refractivity contribution in [3.63, 3.8) is 0 Å². The molecule has 0 unspecified atom stereocenters. The Balaban J connectivity index is 1.07. The summed E-state index contributed by atoms with van der Waals surface area (Å²) >= 11 is 0. The summed E-state index contributed by atoms with van der Waals surface area (Å²) in [5.41, 5.74) is 6.01. The van der Waals surface area contributed by atoms with Gasteiger partial charge in [0, 0.05) is 46.3 Å². The topological polar surface area (TPSA) is 37.8 Å². The van der Waals surface area contributed by atoms with Crippen LogP contribution < -0.4 is 19.3 Å². The highest BCUT2D eigenvalue weighted by molar-refractivity contribution is 5.77. The number of benzene rings is 6. The second-order valence-electron chi connectivity index (χ2n) is 10.4. The first kappa shape index (κ1) is 27.2. The lowest BCUT2D eigenvalue weighted by molar-refractivity contribution is 0.426. The lowest BCUT2D eigenvalue weighted by atomic mass is 10.2. The van der Waals surface area contributed by atoms with E-state index in [4.69, 9.17) is 10.8 Å². The quantitative estimate of drug-likeness (QED) is 0.156. The molecular weight excluding hydrogens is 566 g/mol. The predicted octanol–water partition coefficient (Wildman–Crippen LogP) is 11.6. The van der Waals surface area contributed by atoms with Crippen molar-refractivity contribution in [1.82, 2.24) is 4.98 Å². The summed E-state index contributed by atoms with van der Waals surface area (Å²) in [6.45, 7) is 0. The molecule has 222 valence electrons. The molecule has 7 aromatic rings. The fraction of sp³-hybridized carbons (Fsp3) is 0. The van der Waals surface area contributed by atoms with Crippen molar-refractivity contribution in [3.8, 4) is 23.3 Å². The van der Waals surface area contributed by atoms with Gasteiger partial charge in [0.15, 0.2) is 0 Å². The van der Waals surface area contributed by atoms with E-state index in [1.54, 1.807) is 12.1 Å². The van der Waals surface area contributed by atoms with E-state index in [1.165, 1.54) is 0 Å². The normalized spacial score (nSPS) is 10.9. The number of rotatable bonds is 10. The van der Waals surface area contributed by atoms with E-state index in [1.807, 2.05) is 146 Å². The van der Waals surface area contributed by atoms with E-state index in [2.05, 4.69) is 39.0 Å². The Morgan fingerprint density at radius 3 is 1.09 bits per heavy atom. The largest absolute Gasteiger partial charge is 0.439 e. The Kier molecular flexibility index (Phi) is 8.01. The Morgan fingerprint density at radius 2 is 0.696 bits per heavy atom. The molecule has 6 aromatic carbocycles. The SMILES string of the molecule is [3H]c1cccc(N(c2ccccc2)c2ccc(Oc3cccc(Oc4ccc(N(c5ccccc5)c5ccccc5)cc4)n3)cc2)c1. The first-order valence-electron chi connectivity index (χ1n) is 15.5. The summed E-state index contributed by atoms with van der Waals surface area (Å²) in [7, 11) is 0. The number of pyridine rings is 1. The highest BCUT2D eigenvalue weighted by Gasteiger charge is 2.14. The number of ether oxygens (including phenoxy) is 2. The smallest absolute Gasteiger partial charge is 0.222 e. The van der Waals surface area contributed by atoms with Gasteiger partial charge in [-0.2, -0.15) is 4.98 Å². The molecule has 0 bridgehead atoms. The van der Waals surface area contributed by atoms with Crippen LogP contribution in [0, 0.1) is 0 Å². The van der Waals surface area contributed by atoms with E-state index >= 15 is 0 Å². The second kappa shape index (κ2) is 13.5. The molecule has 1 aromatic heterocycles. The lowest BCUT2D eigenvalue weighted by Crippen LogP contribution is -2.09. The molecule has 0 aliphatic heterocycles. The van der Waals surface area contributed by atoms with Gasteiger partial charge in [-0.3, -0.25) is 0 Å². The highest BCUT2D eigenvalue weighted by Crippen LogP contribution is 2.37. The Hall–Kier alpha value is -6.33. The van der Waals surface area contributed by atoms with Crippen molar-refractivity contribution in [2.75, 3.05) is 9.80 Å². The number of para-hydroxylation sites is 4. The zero-order valence-electron chi connectivity index (χ0n) is 26.0. The minimum Gasteiger partial charge on any atom is -0.439 e. The van der Waals surface area contributed by atoms with Crippen LogP contribution in [0.25, 0.3) is 0 Å². The third kappa shape index (κ3) is 6.59. The summed E-state index contributed by atoms with van der Waals surface area (Å²) in [5.74, 6) is 2.17. The van der Waals surface area contributed by atoms with E-state index in [9.17, 15) is 0 Å². The van der Waals surface area contributed by atoms with Crippen LogP contribution in [0.1, 0.15) is 1.37 Å². The third-order valence-corrected chi connectivity index (χ3v) is 7.32. The molecule has 46 heavy (non-hydrogen) atoms. The summed E-state index contributed by atoms with van der Waals surface area (Å²) in [4.78, 5) is 8.90. The molecule has 0 aliphatic carbocycles. The summed E-state index contributed by atoms with van der Waals surface area (Å²) in [6.07, 6.45) is 0. The maximum atomic E-state index is 8.13. The Bertz CT molecular complexity index is 2000. The van der Waals surface area contributed by atoms with Gasteiger partial charge in [-0.25, -0.2) is 0 Å². The fourth-order valence-electron chi connectivity index (χ4n) is 5.23. The predicted molar refractivity (Wildman–Crippen MR) is 187 cm³/mol. The third-order valence-electron chi connectivity index (χ3n) is 7.32. The first-order valence-corrected chi connectivity index (χ1v) is 15.0. The Labute approximate surface area is 270 Å². The number of hydrogen-bond acceptors (Lipinski definition) is 5. The van der Waals surface area contributed by atoms with E-state index in [0.29, 0.717) is 29.3 Å². The number of aromatic nitrogens is 1. The molecule has 0 spiro atoms. The standard InChI is InChI=1S/C41H31N3O2/c1-5-14-32(15-6-1)43(33-16-7-2-8-17-33)36-24-28-38(29-25-36)45-40-22-13-23-41(42-40)46-39-30-26-37(27-31-39)44(34-18-9-3-10-19-34)35-20-11-4-12-21-35/h1-31H/i5T. The molecule has 5 nitrogen and oxygen atoms in total. The molecule has 0 atom stereocenters. The van der Waals surface area contributed by atoms with Gasteiger partial charge in [0.05, 0.1) is 1.37 Å². The number of nitrogens with zero attached hydrogens (tertiary/aromatic N) is 3. The van der Waals surface area contributed by atoms with Crippen molar-refractivity contribution < 1.29 is 10.8 Å². The molecule has 0 aliphatic rings. The molecule has 0 saturated heterocycles. The van der Waals surface area contributed by atoms with Crippen LogP contribution in [0.4, 0.5) is 34.1 Å². The van der Waals surface area contributed by atoms with Crippen LogP contribution in [0.5, 0.6) is 23.3 Å². The van der Waals surface area contributed by atoms with Gasteiger partial charge in [-0.15, -0.1) is 0 Å². The van der Waals surface area contributed by atoms with Gasteiger partial charge in [0.25, 0.3) is 0 Å². The zero-order chi connectivity index (χ0) is 31.8. The average Bonchev–Trinajstić information content (AvgIpc) is 3.12. The molecule has 5 heteroatoms. The number of hydrogen-bond donors (Lipinski definition) is 0. The van der Waals surface area contributed by atoms with Crippen LogP contribution in [0.3, 0.4) is 0 Å².